The van der Waals surface area contributed by atoms with Crippen LogP contribution in [-0.4, -0.2) is 27.0 Å². The van der Waals surface area contributed by atoms with Gasteiger partial charge in [-0.15, -0.1) is 0 Å². The molecule has 4 fully saturated rings. The van der Waals surface area contributed by atoms with Crippen molar-refractivity contribution in [1.82, 2.24) is 9.78 Å². The minimum absolute atomic E-state index is 0.216. The van der Waals surface area contributed by atoms with Crippen LogP contribution in [0.25, 0.3) is 0 Å². The first-order valence-corrected chi connectivity index (χ1v) is 7.91. The average Bonchev–Trinajstić information content (AvgIpc) is 2.98. The molecule has 4 saturated carbocycles. The second-order valence-corrected chi connectivity index (χ2v) is 7.46. The van der Waals surface area contributed by atoms with Crippen molar-refractivity contribution in [3.63, 3.8) is 0 Å². The van der Waals surface area contributed by atoms with E-state index in [1.807, 2.05) is 0 Å². The van der Waals surface area contributed by atoms with Crippen LogP contribution in [0.2, 0.25) is 0 Å². The number of carboxylic acid groups (broad SMARTS) is 1. The van der Waals surface area contributed by atoms with Gasteiger partial charge in [-0.3, -0.25) is 4.68 Å². The van der Waals surface area contributed by atoms with E-state index in [-0.39, 0.29) is 12.1 Å². The largest absolute Gasteiger partial charge is 0.477 e. The maximum atomic E-state index is 13.5. The molecule has 0 radical (unpaired) electrons. The summed E-state index contributed by atoms with van der Waals surface area (Å²) in [5, 5.41) is 13.1. The Hall–Kier alpha value is -1.74. The fourth-order valence-corrected chi connectivity index (χ4v) is 4.29. The second-order valence-electron chi connectivity index (χ2n) is 7.46. The molecule has 1 aromatic heterocycles. The summed E-state index contributed by atoms with van der Waals surface area (Å²) < 4.78 is 79.2. The molecule has 2 atom stereocenters. The monoisotopic (exact) mass is 368 g/mol. The Kier molecular flexibility index (Phi) is 3.14. The molecule has 10 heteroatoms. The third-order valence-corrected chi connectivity index (χ3v) is 5.73. The molecule has 4 aliphatic rings. The standard InChI is InChI=1S/C15H14F6N2O2/c16-14(17,18)8-1-7(8)5-23-10(12(24)25)9(15(19,20)21)11(22-23)13-2-6(3-13)4-13/h6-8H,1-5H2,(H,24,25)/t6?,7-,8+,13?/m0/s1. The van der Waals surface area contributed by atoms with Gasteiger partial charge in [-0.05, 0) is 37.5 Å². The molecular formula is C15H14F6N2O2. The summed E-state index contributed by atoms with van der Waals surface area (Å²) in [6.07, 6.45) is -7.97. The molecule has 4 aliphatic carbocycles. The highest BCUT2D eigenvalue weighted by atomic mass is 19.4. The zero-order valence-electron chi connectivity index (χ0n) is 12.8. The zero-order valence-corrected chi connectivity index (χ0v) is 12.8. The van der Waals surface area contributed by atoms with Crippen LogP contribution in [0.3, 0.4) is 0 Å². The third kappa shape index (κ3) is 2.43. The number of aromatic nitrogens is 2. The van der Waals surface area contributed by atoms with E-state index in [0.717, 1.165) is 0 Å². The topological polar surface area (TPSA) is 55.1 Å². The van der Waals surface area contributed by atoms with E-state index in [0.29, 0.717) is 29.9 Å². The molecular weight excluding hydrogens is 354 g/mol. The molecule has 0 aromatic carbocycles. The summed E-state index contributed by atoms with van der Waals surface area (Å²) >= 11 is 0. The van der Waals surface area contributed by atoms with E-state index < -0.39 is 53.4 Å². The number of carbonyl (C=O) groups is 1. The van der Waals surface area contributed by atoms with Crippen LogP contribution in [0, 0.1) is 17.8 Å². The van der Waals surface area contributed by atoms with Gasteiger partial charge in [0.2, 0.25) is 0 Å². The molecule has 2 bridgehead atoms. The molecule has 0 unspecified atom stereocenters. The highest BCUT2D eigenvalue weighted by Gasteiger charge is 2.63. The molecule has 1 heterocycles. The number of aromatic carboxylic acids is 1. The van der Waals surface area contributed by atoms with Gasteiger partial charge in [0, 0.05) is 12.0 Å². The van der Waals surface area contributed by atoms with Crippen molar-refractivity contribution >= 4 is 5.97 Å². The van der Waals surface area contributed by atoms with Gasteiger partial charge in [0.15, 0.2) is 5.69 Å². The summed E-state index contributed by atoms with van der Waals surface area (Å²) in [4.78, 5) is 11.4. The minimum atomic E-state index is -4.91. The van der Waals surface area contributed by atoms with E-state index in [1.165, 1.54) is 0 Å². The maximum absolute atomic E-state index is 13.5. The van der Waals surface area contributed by atoms with Gasteiger partial charge < -0.3 is 5.11 Å². The number of nitrogens with zero attached hydrogens (tertiary/aromatic N) is 2. The summed E-state index contributed by atoms with van der Waals surface area (Å²) in [6, 6.07) is 0. The lowest BCUT2D eigenvalue weighted by Crippen LogP contribution is -2.56. The SMILES string of the molecule is O=C(O)c1c(C(F)(F)F)c(C23CC(C2)C3)nn1C[C@@H]1C[C@H]1C(F)(F)F. The van der Waals surface area contributed by atoms with Crippen molar-refractivity contribution in [2.24, 2.45) is 17.8 Å². The Morgan fingerprint density at radius 3 is 2.16 bits per heavy atom. The molecule has 0 amide bonds. The zero-order chi connectivity index (χ0) is 18.4. The van der Waals surface area contributed by atoms with Crippen LogP contribution in [0.4, 0.5) is 26.3 Å². The number of carboxylic acids is 1. The number of halogens is 6. The summed E-state index contributed by atoms with van der Waals surface area (Å²) in [7, 11) is 0. The van der Waals surface area contributed by atoms with Gasteiger partial charge in [0.25, 0.3) is 0 Å². The summed E-state index contributed by atoms with van der Waals surface area (Å²) in [5.41, 5.74) is -3.38. The fraction of sp³-hybridized carbons (Fsp3) is 0.733. The predicted molar refractivity (Wildman–Crippen MR) is 70.9 cm³/mol. The lowest BCUT2D eigenvalue weighted by atomic mass is 9.43. The average molecular weight is 368 g/mol. The molecule has 0 spiro atoms. The van der Waals surface area contributed by atoms with Crippen molar-refractivity contribution in [1.29, 1.82) is 0 Å². The first-order chi connectivity index (χ1) is 11.4. The highest BCUT2D eigenvalue weighted by molar-refractivity contribution is 5.88. The molecule has 0 aliphatic heterocycles. The molecule has 1 N–H and O–H groups in total. The van der Waals surface area contributed by atoms with Gasteiger partial charge >= 0.3 is 18.3 Å². The van der Waals surface area contributed by atoms with E-state index in [2.05, 4.69) is 5.10 Å². The van der Waals surface area contributed by atoms with Crippen molar-refractivity contribution < 1.29 is 36.2 Å². The maximum Gasteiger partial charge on any atom is 0.420 e. The number of hydrogen-bond donors (Lipinski definition) is 1. The van der Waals surface area contributed by atoms with Gasteiger partial charge in [-0.2, -0.15) is 31.4 Å². The molecule has 25 heavy (non-hydrogen) atoms. The number of hydrogen-bond acceptors (Lipinski definition) is 2. The molecule has 1 aromatic rings. The van der Waals surface area contributed by atoms with Crippen molar-refractivity contribution in [3.8, 4) is 0 Å². The number of rotatable bonds is 4. The number of alkyl halides is 6. The van der Waals surface area contributed by atoms with E-state index >= 15 is 0 Å². The molecule has 4 nitrogen and oxygen atoms in total. The smallest absolute Gasteiger partial charge is 0.420 e. The Bertz CT molecular complexity index is 733. The lowest BCUT2D eigenvalue weighted by Gasteiger charge is -2.61. The van der Waals surface area contributed by atoms with Crippen LogP contribution in [0.1, 0.15) is 47.4 Å². The third-order valence-electron chi connectivity index (χ3n) is 5.73. The van der Waals surface area contributed by atoms with Gasteiger partial charge in [-0.25, -0.2) is 4.79 Å². The van der Waals surface area contributed by atoms with Gasteiger partial charge in [0.1, 0.15) is 5.56 Å². The Morgan fingerprint density at radius 2 is 1.80 bits per heavy atom. The van der Waals surface area contributed by atoms with E-state index in [9.17, 15) is 36.2 Å². The van der Waals surface area contributed by atoms with Gasteiger partial charge in [0.05, 0.1) is 11.6 Å². The van der Waals surface area contributed by atoms with Crippen LogP contribution in [-0.2, 0) is 18.1 Å². The minimum Gasteiger partial charge on any atom is -0.477 e. The Labute approximate surface area is 137 Å². The van der Waals surface area contributed by atoms with Gasteiger partial charge in [-0.1, -0.05) is 0 Å². The molecule has 0 saturated heterocycles. The van der Waals surface area contributed by atoms with Crippen LogP contribution in [0.5, 0.6) is 0 Å². The van der Waals surface area contributed by atoms with Crippen LogP contribution in [0.15, 0.2) is 0 Å². The Balaban J connectivity index is 1.73. The fourth-order valence-electron chi connectivity index (χ4n) is 4.29. The van der Waals surface area contributed by atoms with Crippen molar-refractivity contribution in [3.05, 3.63) is 17.0 Å². The summed E-state index contributed by atoms with van der Waals surface area (Å²) in [5.74, 6) is -4.01. The normalized spacial score (nSPS) is 33.6. The van der Waals surface area contributed by atoms with E-state index in [4.69, 9.17) is 0 Å². The first kappa shape index (κ1) is 16.7. The highest BCUT2D eigenvalue weighted by Crippen LogP contribution is 2.66. The molecule has 5 rings (SSSR count). The van der Waals surface area contributed by atoms with Crippen LogP contribution < -0.4 is 0 Å². The van der Waals surface area contributed by atoms with Crippen LogP contribution >= 0.6 is 0 Å². The lowest BCUT2D eigenvalue weighted by molar-refractivity contribution is -0.151. The Morgan fingerprint density at radius 1 is 1.20 bits per heavy atom. The first-order valence-electron chi connectivity index (χ1n) is 7.91. The van der Waals surface area contributed by atoms with Crippen molar-refractivity contribution in [2.45, 2.75) is 50.0 Å². The molecule has 138 valence electrons. The predicted octanol–water partition coefficient (Wildman–Crippen LogP) is 3.85. The second kappa shape index (κ2) is 4.70. The summed E-state index contributed by atoms with van der Waals surface area (Å²) in [6.45, 7) is -0.464. The van der Waals surface area contributed by atoms with E-state index in [1.54, 1.807) is 0 Å². The quantitative estimate of drug-likeness (QED) is 0.822. The van der Waals surface area contributed by atoms with Crippen molar-refractivity contribution in [2.75, 3.05) is 0 Å².